The fourth-order valence-corrected chi connectivity index (χ4v) is 1.98. The smallest absolute Gasteiger partial charge is 0.318 e. The number of carboxylic acids is 1. The van der Waals surface area contributed by atoms with Crippen LogP contribution in [0, 0.1) is 5.92 Å². The number of carbonyl (C=O) groups is 3. The van der Waals surface area contributed by atoms with E-state index in [2.05, 4.69) is 10.6 Å². The number of hydrogen-bond acceptors (Lipinski definition) is 4. The number of hydrogen-bond donors (Lipinski definition) is 3. The molecular formula is C13H23N3O5. The zero-order valence-electron chi connectivity index (χ0n) is 12.4. The fourth-order valence-electron chi connectivity index (χ4n) is 1.98. The highest BCUT2D eigenvalue weighted by Gasteiger charge is 2.32. The number of aliphatic carboxylic acids is 1. The predicted octanol–water partition coefficient (Wildman–Crippen LogP) is -0.356. The number of likely N-dealkylation sites (N-methyl/N-ethyl adjacent to an activating group) is 1. The van der Waals surface area contributed by atoms with E-state index in [-0.39, 0.29) is 25.1 Å². The lowest BCUT2D eigenvalue weighted by atomic mass is 10.1. The van der Waals surface area contributed by atoms with E-state index in [1.165, 1.54) is 4.90 Å². The molecule has 0 radical (unpaired) electrons. The Morgan fingerprint density at radius 2 is 2.10 bits per heavy atom. The number of urea groups is 1. The van der Waals surface area contributed by atoms with Gasteiger partial charge >= 0.3 is 12.0 Å². The van der Waals surface area contributed by atoms with E-state index in [9.17, 15) is 14.4 Å². The molecule has 0 bridgehead atoms. The number of morpholine rings is 1. The molecule has 1 saturated heterocycles. The molecular weight excluding hydrogens is 278 g/mol. The van der Waals surface area contributed by atoms with Crippen LogP contribution >= 0.6 is 0 Å². The van der Waals surface area contributed by atoms with Crippen LogP contribution in [0.4, 0.5) is 4.79 Å². The molecule has 3 amide bonds. The quantitative estimate of drug-likeness (QED) is 0.621. The lowest BCUT2D eigenvalue weighted by Crippen LogP contribution is -2.58. The number of amides is 3. The van der Waals surface area contributed by atoms with Gasteiger partial charge in [0, 0.05) is 19.6 Å². The Morgan fingerprint density at radius 3 is 2.71 bits per heavy atom. The van der Waals surface area contributed by atoms with Gasteiger partial charge in [-0.2, -0.15) is 0 Å². The molecule has 0 aromatic rings. The zero-order valence-corrected chi connectivity index (χ0v) is 12.4. The number of rotatable bonds is 6. The normalized spacial score (nSPS) is 19.7. The van der Waals surface area contributed by atoms with Crippen molar-refractivity contribution < 1.29 is 24.2 Å². The highest BCUT2D eigenvalue weighted by atomic mass is 16.5. The van der Waals surface area contributed by atoms with Gasteiger partial charge in [-0.25, -0.2) is 4.79 Å². The van der Waals surface area contributed by atoms with Gasteiger partial charge < -0.3 is 25.4 Å². The van der Waals surface area contributed by atoms with Crippen molar-refractivity contribution in [1.82, 2.24) is 15.5 Å². The van der Waals surface area contributed by atoms with E-state index in [1.54, 1.807) is 13.8 Å². The minimum Gasteiger partial charge on any atom is -0.481 e. The first-order chi connectivity index (χ1) is 9.97. The molecule has 120 valence electrons. The lowest BCUT2D eigenvalue weighted by molar-refractivity contribution is -0.141. The molecule has 3 N–H and O–H groups in total. The number of carbonyl (C=O) groups excluding carboxylic acids is 2. The van der Waals surface area contributed by atoms with E-state index in [0.717, 1.165) is 0 Å². The van der Waals surface area contributed by atoms with Gasteiger partial charge in [0.25, 0.3) is 0 Å². The molecule has 0 aromatic carbocycles. The summed E-state index contributed by atoms with van der Waals surface area (Å²) < 4.78 is 5.24. The SMILES string of the molecule is CCNC(=O)C1COCCN1C(=O)NCCC(C)C(=O)O. The standard InChI is InChI=1S/C13H23N3O5/c1-3-14-11(17)10-8-21-7-6-16(10)13(20)15-5-4-9(2)12(18)19/h9-10H,3-8H2,1-2H3,(H,14,17)(H,15,20)(H,18,19). The Bertz CT molecular complexity index is 388. The topological polar surface area (TPSA) is 108 Å². The van der Waals surface area contributed by atoms with E-state index >= 15 is 0 Å². The molecule has 8 heteroatoms. The molecule has 0 aromatic heterocycles. The third-order valence-corrected chi connectivity index (χ3v) is 3.32. The van der Waals surface area contributed by atoms with E-state index in [0.29, 0.717) is 26.1 Å². The molecule has 21 heavy (non-hydrogen) atoms. The first-order valence-corrected chi connectivity index (χ1v) is 7.10. The van der Waals surface area contributed by atoms with Crippen molar-refractivity contribution in [2.75, 3.05) is 32.8 Å². The summed E-state index contributed by atoms with van der Waals surface area (Å²) in [5.74, 6) is -1.66. The van der Waals surface area contributed by atoms with Crippen LogP contribution in [-0.2, 0) is 14.3 Å². The van der Waals surface area contributed by atoms with Crippen LogP contribution in [-0.4, -0.2) is 66.8 Å². The third kappa shape index (κ3) is 5.22. The van der Waals surface area contributed by atoms with Crippen LogP contribution in [0.25, 0.3) is 0 Å². The summed E-state index contributed by atoms with van der Waals surface area (Å²) >= 11 is 0. The average Bonchev–Trinajstić information content (AvgIpc) is 2.47. The number of nitrogens with zero attached hydrogens (tertiary/aromatic N) is 1. The molecule has 0 aliphatic carbocycles. The Balaban J connectivity index is 2.49. The third-order valence-electron chi connectivity index (χ3n) is 3.32. The molecule has 0 saturated carbocycles. The predicted molar refractivity (Wildman–Crippen MR) is 74.8 cm³/mol. The van der Waals surface area contributed by atoms with Gasteiger partial charge in [-0.1, -0.05) is 6.92 Å². The van der Waals surface area contributed by atoms with E-state index < -0.39 is 17.9 Å². The fraction of sp³-hybridized carbons (Fsp3) is 0.769. The second kappa shape index (κ2) is 8.46. The molecule has 1 aliphatic heterocycles. The van der Waals surface area contributed by atoms with Gasteiger partial charge in [0.1, 0.15) is 6.04 Å². The average molecular weight is 301 g/mol. The van der Waals surface area contributed by atoms with Gasteiger partial charge in [0.15, 0.2) is 0 Å². The van der Waals surface area contributed by atoms with Crippen molar-refractivity contribution in [3.05, 3.63) is 0 Å². The monoisotopic (exact) mass is 301 g/mol. The van der Waals surface area contributed by atoms with Gasteiger partial charge in [0.05, 0.1) is 19.1 Å². The molecule has 1 aliphatic rings. The van der Waals surface area contributed by atoms with Crippen LogP contribution in [0.1, 0.15) is 20.3 Å². The Kier molecular flexibility index (Phi) is 6.93. The first-order valence-electron chi connectivity index (χ1n) is 7.10. The van der Waals surface area contributed by atoms with Crippen molar-refractivity contribution in [1.29, 1.82) is 0 Å². The van der Waals surface area contributed by atoms with E-state index in [4.69, 9.17) is 9.84 Å². The number of ether oxygens (including phenoxy) is 1. The first kappa shape index (κ1) is 17.2. The van der Waals surface area contributed by atoms with Crippen LogP contribution in [0.3, 0.4) is 0 Å². The molecule has 1 rings (SSSR count). The van der Waals surface area contributed by atoms with Gasteiger partial charge in [-0.15, -0.1) is 0 Å². The second-order valence-corrected chi connectivity index (χ2v) is 4.94. The van der Waals surface area contributed by atoms with Crippen molar-refractivity contribution >= 4 is 17.9 Å². The Morgan fingerprint density at radius 1 is 1.38 bits per heavy atom. The molecule has 0 spiro atoms. The second-order valence-electron chi connectivity index (χ2n) is 4.94. The maximum Gasteiger partial charge on any atom is 0.318 e. The maximum atomic E-state index is 12.1. The Hall–Kier alpha value is -1.83. The summed E-state index contributed by atoms with van der Waals surface area (Å²) in [7, 11) is 0. The van der Waals surface area contributed by atoms with Gasteiger partial charge in [-0.05, 0) is 13.3 Å². The summed E-state index contributed by atoms with van der Waals surface area (Å²) in [6, 6.07) is -1.01. The van der Waals surface area contributed by atoms with Crippen molar-refractivity contribution in [3.8, 4) is 0 Å². The summed E-state index contributed by atoms with van der Waals surface area (Å²) in [6.45, 7) is 5.02. The minimum atomic E-state index is -0.893. The van der Waals surface area contributed by atoms with Gasteiger partial charge in [-0.3, -0.25) is 9.59 Å². The maximum absolute atomic E-state index is 12.1. The Labute approximate surface area is 123 Å². The van der Waals surface area contributed by atoms with Crippen molar-refractivity contribution in [2.24, 2.45) is 5.92 Å². The van der Waals surface area contributed by atoms with Crippen LogP contribution in [0.2, 0.25) is 0 Å². The molecule has 1 fully saturated rings. The minimum absolute atomic E-state index is 0.171. The van der Waals surface area contributed by atoms with Crippen LogP contribution in [0.5, 0.6) is 0 Å². The zero-order chi connectivity index (χ0) is 15.8. The summed E-state index contributed by atoms with van der Waals surface area (Å²) in [6.07, 6.45) is 0.344. The summed E-state index contributed by atoms with van der Waals surface area (Å²) in [5.41, 5.74) is 0. The molecule has 8 nitrogen and oxygen atoms in total. The van der Waals surface area contributed by atoms with Crippen molar-refractivity contribution in [2.45, 2.75) is 26.3 Å². The van der Waals surface area contributed by atoms with Crippen LogP contribution in [0.15, 0.2) is 0 Å². The number of carboxylic acid groups (broad SMARTS) is 1. The summed E-state index contributed by atoms with van der Waals surface area (Å²) in [4.78, 5) is 36.1. The van der Waals surface area contributed by atoms with E-state index in [1.807, 2.05) is 0 Å². The highest BCUT2D eigenvalue weighted by Crippen LogP contribution is 2.08. The molecule has 1 heterocycles. The molecule has 2 atom stereocenters. The van der Waals surface area contributed by atoms with Crippen LogP contribution < -0.4 is 10.6 Å². The summed E-state index contributed by atoms with van der Waals surface area (Å²) in [5, 5.41) is 14.1. The van der Waals surface area contributed by atoms with Gasteiger partial charge in [0.2, 0.25) is 5.91 Å². The largest absolute Gasteiger partial charge is 0.481 e. The highest BCUT2D eigenvalue weighted by molar-refractivity contribution is 5.87. The lowest BCUT2D eigenvalue weighted by Gasteiger charge is -2.34. The molecule has 2 unspecified atom stereocenters. The van der Waals surface area contributed by atoms with Crippen molar-refractivity contribution in [3.63, 3.8) is 0 Å². The number of nitrogens with one attached hydrogen (secondary N) is 2.